The largest absolute Gasteiger partial charge is 0.392 e. The molecule has 0 fully saturated rings. The van der Waals surface area contributed by atoms with Crippen molar-refractivity contribution in [2.45, 2.75) is 47.1 Å². The number of amides is 1. The van der Waals surface area contributed by atoms with Crippen molar-refractivity contribution in [3.63, 3.8) is 0 Å². The van der Waals surface area contributed by atoms with Gasteiger partial charge in [-0.05, 0) is 26.2 Å². The van der Waals surface area contributed by atoms with Crippen molar-refractivity contribution in [3.8, 4) is 0 Å². The summed E-state index contributed by atoms with van der Waals surface area (Å²) in [4.78, 5) is 14.4. The Bertz CT molecular complexity index is 278. The van der Waals surface area contributed by atoms with Crippen LogP contribution < -0.4 is 5.73 Å². The second-order valence-corrected chi connectivity index (χ2v) is 5.39. The number of rotatable bonds is 5. The van der Waals surface area contributed by atoms with Gasteiger partial charge in [0.05, 0.1) is 10.4 Å². The second kappa shape index (κ2) is 5.62. The molecule has 4 heteroatoms. The van der Waals surface area contributed by atoms with Crippen LogP contribution in [0.15, 0.2) is 0 Å². The molecular formula is C12H24N2OS. The van der Waals surface area contributed by atoms with E-state index < -0.39 is 5.41 Å². The predicted octanol–water partition coefficient (Wildman–Crippen LogP) is 2.19. The molecule has 0 spiro atoms. The maximum atomic E-state index is 12.3. The lowest BCUT2D eigenvalue weighted by molar-refractivity contribution is -0.139. The Hall–Kier alpha value is -0.640. The zero-order valence-corrected chi connectivity index (χ0v) is 12.0. The third kappa shape index (κ3) is 2.94. The van der Waals surface area contributed by atoms with E-state index in [4.69, 9.17) is 18.0 Å². The van der Waals surface area contributed by atoms with Gasteiger partial charge in [-0.2, -0.15) is 0 Å². The summed E-state index contributed by atoms with van der Waals surface area (Å²) in [5.74, 6) is 0.435. The molecule has 16 heavy (non-hydrogen) atoms. The van der Waals surface area contributed by atoms with Gasteiger partial charge >= 0.3 is 0 Å². The average molecular weight is 244 g/mol. The van der Waals surface area contributed by atoms with Crippen LogP contribution in [0.2, 0.25) is 0 Å². The molecule has 3 nitrogen and oxygen atoms in total. The molecule has 2 atom stereocenters. The van der Waals surface area contributed by atoms with Gasteiger partial charge in [-0.3, -0.25) is 4.79 Å². The van der Waals surface area contributed by atoms with Crippen molar-refractivity contribution in [2.75, 3.05) is 7.05 Å². The minimum Gasteiger partial charge on any atom is -0.392 e. The Morgan fingerprint density at radius 1 is 1.44 bits per heavy atom. The Labute approximate surface area is 104 Å². The Morgan fingerprint density at radius 2 is 1.88 bits per heavy atom. The van der Waals surface area contributed by atoms with Gasteiger partial charge < -0.3 is 10.6 Å². The normalized spacial score (nSPS) is 16.7. The van der Waals surface area contributed by atoms with Crippen LogP contribution in [0.25, 0.3) is 0 Å². The topological polar surface area (TPSA) is 46.3 Å². The number of thiocarbonyl (C=S) groups is 1. The van der Waals surface area contributed by atoms with Crippen LogP contribution in [0.4, 0.5) is 0 Å². The molecule has 0 aromatic rings. The highest BCUT2D eigenvalue weighted by molar-refractivity contribution is 7.80. The highest BCUT2D eigenvalue weighted by atomic mass is 32.1. The Balaban J connectivity index is 4.97. The first-order valence-electron chi connectivity index (χ1n) is 5.75. The lowest BCUT2D eigenvalue weighted by Gasteiger charge is -2.35. The number of carbonyl (C=O) groups excluding carboxylic acids is 1. The number of nitrogens with zero attached hydrogens (tertiary/aromatic N) is 1. The van der Waals surface area contributed by atoms with Gasteiger partial charge in [0.25, 0.3) is 0 Å². The Kier molecular flexibility index (Phi) is 5.39. The van der Waals surface area contributed by atoms with Crippen LogP contribution in [0.5, 0.6) is 0 Å². The van der Waals surface area contributed by atoms with Crippen molar-refractivity contribution in [3.05, 3.63) is 0 Å². The number of carbonyl (C=O) groups is 1. The van der Waals surface area contributed by atoms with E-state index in [-0.39, 0.29) is 16.9 Å². The third-order valence-electron chi connectivity index (χ3n) is 3.62. The minimum atomic E-state index is -0.715. The van der Waals surface area contributed by atoms with E-state index in [1.807, 2.05) is 27.8 Å². The maximum Gasteiger partial charge on any atom is 0.235 e. The summed E-state index contributed by atoms with van der Waals surface area (Å²) in [6.45, 7) is 9.99. The van der Waals surface area contributed by atoms with Gasteiger partial charge in [0.15, 0.2) is 0 Å². The molecule has 94 valence electrons. The smallest absolute Gasteiger partial charge is 0.235 e. The molecule has 2 unspecified atom stereocenters. The molecule has 0 saturated carbocycles. The first kappa shape index (κ1) is 15.4. The molecule has 0 heterocycles. The minimum absolute atomic E-state index is 0.0173. The van der Waals surface area contributed by atoms with Gasteiger partial charge in [0.2, 0.25) is 5.91 Å². The van der Waals surface area contributed by atoms with Gasteiger partial charge in [-0.15, -0.1) is 0 Å². The molecule has 0 aliphatic heterocycles. The van der Waals surface area contributed by atoms with Gasteiger partial charge in [0, 0.05) is 13.1 Å². The Morgan fingerprint density at radius 3 is 2.12 bits per heavy atom. The van der Waals surface area contributed by atoms with E-state index in [2.05, 4.69) is 13.8 Å². The summed E-state index contributed by atoms with van der Waals surface area (Å²) in [6, 6.07) is 0.188. The molecule has 0 bridgehead atoms. The average Bonchev–Trinajstić information content (AvgIpc) is 2.24. The van der Waals surface area contributed by atoms with Gasteiger partial charge in [-0.25, -0.2) is 0 Å². The van der Waals surface area contributed by atoms with Crippen molar-refractivity contribution < 1.29 is 4.79 Å². The van der Waals surface area contributed by atoms with Crippen LogP contribution in [0.3, 0.4) is 0 Å². The summed E-state index contributed by atoms with van der Waals surface area (Å²) in [5.41, 5.74) is 4.97. The van der Waals surface area contributed by atoms with E-state index in [1.54, 1.807) is 4.90 Å². The molecule has 0 radical (unpaired) electrons. The molecule has 2 N–H and O–H groups in total. The van der Waals surface area contributed by atoms with Crippen LogP contribution in [0, 0.1) is 11.3 Å². The molecule has 0 aromatic carbocycles. The van der Waals surface area contributed by atoms with Crippen molar-refractivity contribution in [2.24, 2.45) is 17.1 Å². The summed E-state index contributed by atoms with van der Waals surface area (Å²) in [5, 5.41) is 0. The predicted molar refractivity (Wildman–Crippen MR) is 72.3 cm³/mol. The standard InChI is InChI=1S/C12H24N2OS/c1-7-12(5,10(13)16)11(15)14(6)9(4)8(2)3/h8-9H,7H2,1-6H3,(H2,13,16). The van der Waals surface area contributed by atoms with E-state index in [0.717, 1.165) is 0 Å². The van der Waals surface area contributed by atoms with Crippen LogP contribution in [-0.4, -0.2) is 28.9 Å². The molecule has 0 rings (SSSR count). The molecule has 0 aliphatic carbocycles. The van der Waals surface area contributed by atoms with Gasteiger partial charge in [-0.1, -0.05) is 33.0 Å². The van der Waals surface area contributed by atoms with Crippen molar-refractivity contribution >= 4 is 23.1 Å². The third-order valence-corrected chi connectivity index (χ3v) is 4.07. The zero-order chi connectivity index (χ0) is 13.1. The summed E-state index contributed by atoms with van der Waals surface area (Å²) >= 11 is 5.01. The number of hydrogen-bond acceptors (Lipinski definition) is 2. The van der Waals surface area contributed by atoms with Crippen molar-refractivity contribution in [1.82, 2.24) is 4.90 Å². The lowest BCUT2D eigenvalue weighted by atomic mass is 9.85. The quantitative estimate of drug-likeness (QED) is 0.754. The monoisotopic (exact) mass is 244 g/mol. The first-order valence-corrected chi connectivity index (χ1v) is 6.16. The SMILES string of the molecule is CCC(C)(C(=O)N(C)C(C)C(C)C)C(N)=S. The van der Waals surface area contributed by atoms with Crippen LogP contribution >= 0.6 is 12.2 Å². The highest BCUT2D eigenvalue weighted by Gasteiger charge is 2.38. The molecule has 0 saturated heterocycles. The van der Waals surface area contributed by atoms with Crippen LogP contribution in [-0.2, 0) is 4.79 Å². The zero-order valence-electron chi connectivity index (χ0n) is 11.2. The summed E-state index contributed by atoms with van der Waals surface area (Å²) < 4.78 is 0. The lowest BCUT2D eigenvalue weighted by Crippen LogP contribution is -2.50. The fourth-order valence-corrected chi connectivity index (χ4v) is 1.68. The van der Waals surface area contributed by atoms with E-state index >= 15 is 0 Å². The van der Waals surface area contributed by atoms with Crippen molar-refractivity contribution in [1.29, 1.82) is 0 Å². The first-order chi connectivity index (χ1) is 7.18. The van der Waals surface area contributed by atoms with Crippen LogP contribution in [0.1, 0.15) is 41.0 Å². The fourth-order valence-electron chi connectivity index (χ4n) is 1.45. The fraction of sp³-hybridized carbons (Fsp3) is 0.833. The second-order valence-electron chi connectivity index (χ2n) is 4.95. The van der Waals surface area contributed by atoms with Gasteiger partial charge in [0.1, 0.15) is 0 Å². The number of nitrogens with two attached hydrogens (primary N) is 1. The molecule has 0 aliphatic rings. The molecule has 0 aromatic heterocycles. The van der Waals surface area contributed by atoms with E-state index in [9.17, 15) is 4.79 Å². The summed E-state index contributed by atoms with van der Waals surface area (Å²) in [6.07, 6.45) is 0.635. The van der Waals surface area contributed by atoms with E-state index in [0.29, 0.717) is 12.3 Å². The maximum absolute atomic E-state index is 12.3. The highest BCUT2D eigenvalue weighted by Crippen LogP contribution is 2.26. The summed E-state index contributed by atoms with van der Waals surface area (Å²) in [7, 11) is 1.82. The molecular weight excluding hydrogens is 220 g/mol. The molecule has 1 amide bonds. The van der Waals surface area contributed by atoms with E-state index in [1.165, 1.54) is 0 Å². The number of hydrogen-bond donors (Lipinski definition) is 1.